The van der Waals surface area contributed by atoms with Crippen LogP contribution in [0.1, 0.15) is 29.5 Å². The molecule has 10 heteroatoms. The molecule has 0 spiro atoms. The van der Waals surface area contributed by atoms with Crippen LogP contribution in [0, 0.1) is 10.1 Å². The van der Waals surface area contributed by atoms with Crippen molar-refractivity contribution in [1.82, 2.24) is 9.13 Å². The molecule has 0 amide bonds. The predicted octanol–water partition coefficient (Wildman–Crippen LogP) is 2.52. The molecule has 4 rings (SSSR count). The molecule has 0 aliphatic carbocycles. The number of hydrogen-bond acceptors (Lipinski definition) is 7. The van der Waals surface area contributed by atoms with E-state index in [0.29, 0.717) is 16.8 Å². The van der Waals surface area contributed by atoms with Crippen LogP contribution in [-0.4, -0.2) is 26.6 Å². The number of nitro benzene ring substituents is 1. The number of fused-ring (bicyclic) bond motifs is 1. The molecule has 2 aromatic carbocycles. The smallest absolute Gasteiger partial charge is 0.337 e. The Morgan fingerprint density at radius 3 is 2.44 bits per heavy atom. The maximum atomic E-state index is 13.4. The maximum Gasteiger partial charge on any atom is 0.337 e. The molecule has 174 valence electrons. The molecular weight excluding hydrogens is 440 g/mol. The number of aromatic nitrogens is 2. The fourth-order valence-corrected chi connectivity index (χ4v) is 4.17. The highest BCUT2D eigenvalue weighted by molar-refractivity contribution is 6.04. The molecule has 0 fully saturated rings. The van der Waals surface area contributed by atoms with E-state index in [1.54, 1.807) is 37.3 Å². The minimum atomic E-state index is -1.02. The number of esters is 1. The molecule has 1 aromatic heterocycles. The van der Waals surface area contributed by atoms with E-state index in [9.17, 15) is 24.5 Å². The summed E-state index contributed by atoms with van der Waals surface area (Å²) in [5.41, 5.74) is 0.209. The van der Waals surface area contributed by atoms with Gasteiger partial charge in [0.25, 0.3) is 11.2 Å². The van der Waals surface area contributed by atoms with Gasteiger partial charge in [-0.05, 0) is 18.1 Å². The zero-order chi connectivity index (χ0) is 24.6. The van der Waals surface area contributed by atoms with Gasteiger partial charge in [0.05, 0.1) is 34.3 Å². The Kier molecular flexibility index (Phi) is 5.89. The number of ether oxygens (including phenoxy) is 1. The van der Waals surface area contributed by atoms with Crippen molar-refractivity contribution in [3.8, 4) is 0 Å². The summed E-state index contributed by atoms with van der Waals surface area (Å²) >= 11 is 0. The van der Waals surface area contributed by atoms with Gasteiger partial charge in [-0.15, -0.1) is 0 Å². The van der Waals surface area contributed by atoms with E-state index >= 15 is 0 Å². The minimum absolute atomic E-state index is 0.0875. The Morgan fingerprint density at radius 1 is 1.09 bits per heavy atom. The molecule has 2 heterocycles. The molecule has 0 bridgehead atoms. The average molecular weight is 462 g/mol. The van der Waals surface area contributed by atoms with Crippen LogP contribution in [0.4, 0.5) is 11.5 Å². The second kappa shape index (κ2) is 8.81. The summed E-state index contributed by atoms with van der Waals surface area (Å²) in [6, 6.07) is 14.7. The van der Waals surface area contributed by atoms with Gasteiger partial charge in [0.1, 0.15) is 5.82 Å². The van der Waals surface area contributed by atoms with Crippen LogP contribution in [-0.2, 0) is 23.6 Å². The molecule has 0 saturated heterocycles. The monoisotopic (exact) mass is 462 g/mol. The van der Waals surface area contributed by atoms with E-state index < -0.39 is 28.1 Å². The minimum Gasteiger partial charge on any atom is -0.463 e. The summed E-state index contributed by atoms with van der Waals surface area (Å²) in [5.74, 6) is -1.49. The number of non-ortho nitro benzene ring substituents is 1. The fourth-order valence-electron chi connectivity index (χ4n) is 4.17. The summed E-state index contributed by atoms with van der Waals surface area (Å²) in [5, 5.41) is 14.6. The lowest BCUT2D eigenvalue weighted by molar-refractivity contribution is -0.384. The van der Waals surface area contributed by atoms with E-state index in [0.717, 1.165) is 4.57 Å². The number of carbonyl (C=O) groups excluding carboxylic acids is 1. The number of nitrogens with one attached hydrogen (secondary N) is 1. The van der Waals surface area contributed by atoms with E-state index in [1.807, 2.05) is 6.07 Å². The van der Waals surface area contributed by atoms with Crippen molar-refractivity contribution < 1.29 is 14.5 Å². The van der Waals surface area contributed by atoms with Gasteiger partial charge in [0, 0.05) is 26.2 Å². The van der Waals surface area contributed by atoms with Crippen LogP contribution in [0.3, 0.4) is 0 Å². The van der Waals surface area contributed by atoms with Gasteiger partial charge in [-0.2, -0.15) is 0 Å². The lowest BCUT2D eigenvalue weighted by Gasteiger charge is -2.32. The second-order valence-electron chi connectivity index (χ2n) is 7.75. The number of rotatable bonds is 5. The van der Waals surface area contributed by atoms with Crippen molar-refractivity contribution in [2.24, 2.45) is 14.1 Å². The van der Waals surface area contributed by atoms with E-state index in [-0.39, 0.29) is 29.2 Å². The summed E-state index contributed by atoms with van der Waals surface area (Å²) in [7, 11) is 2.85. The first-order valence-electron chi connectivity index (χ1n) is 10.5. The van der Waals surface area contributed by atoms with Crippen LogP contribution in [0.2, 0.25) is 0 Å². The molecule has 0 saturated carbocycles. The van der Waals surface area contributed by atoms with Crippen LogP contribution in [0.25, 0.3) is 5.70 Å². The Balaban J connectivity index is 2.15. The first kappa shape index (κ1) is 22.7. The fraction of sp³-hybridized carbons (Fsp3) is 0.208. The largest absolute Gasteiger partial charge is 0.463 e. The van der Waals surface area contributed by atoms with Crippen molar-refractivity contribution in [1.29, 1.82) is 0 Å². The third-order valence-electron chi connectivity index (χ3n) is 5.76. The lowest BCUT2D eigenvalue weighted by Crippen LogP contribution is -2.43. The third kappa shape index (κ3) is 3.68. The molecule has 1 atom stereocenters. The van der Waals surface area contributed by atoms with E-state index in [1.165, 1.54) is 36.9 Å². The van der Waals surface area contributed by atoms with E-state index in [2.05, 4.69) is 5.32 Å². The van der Waals surface area contributed by atoms with Crippen LogP contribution in [0.15, 0.2) is 69.8 Å². The number of nitro groups is 1. The summed E-state index contributed by atoms with van der Waals surface area (Å²) in [6.45, 7) is 1.75. The molecule has 3 aromatic rings. The lowest BCUT2D eigenvalue weighted by atomic mass is 9.80. The van der Waals surface area contributed by atoms with Crippen molar-refractivity contribution >= 4 is 23.2 Å². The average Bonchev–Trinajstić information content (AvgIpc) is 2.85. The Morgan fingerprint density at radius 2 is 1.79 bits per heavy atom. The van der Waals surface area contributed by atoms with Gasteiger partial charge >= 0.3 is 11.7 Å². The predicted molar refractivity (Wildman–Crippen MR) is 125 cm³/mol. The highest BCUT2D eigenvalue weighted by Gasteiger charge is 2.39. The molecular formula is C24H22N4O6. The standard InChI is InChI=1S/C24H22N4O6/c1-4-34-23(30)18-17(15-11-8-12-16(13-15)28(32)33)19-21(26(2)24(31)27(3)22(19)29)25-20(18)14-9-6-5-7-10-14/h5-13,17,25H,4H2,1-3H3. The van der Waals surface area contributed by atoms with Gasteiger partial charge in [-0.25, -0.2) is 9.59 Å². The summed E-state index contributed by atoms with van der Waals surface area (Å²) in [4.78, 5) is 50.3. The number of nitrogens with zero attached hydrogens (tertiary/aromatic N) is 3. The van der Waals surface area contributed by atoms with Gasteiger partial charge in [-0.1, -0.05) is 42.5 Å². The molecule has 0 radical (unpaired) electrons. The molecule has 34 heavy (non-hydrogen) atoms. The number of benzene rings is 2. The highest BCUT2D eigenvalue weighted by atomic mass is 16.6. The van der Waals surface area contributed by atoms with Gasteiger partial charge < -0.3 is 10.1 Å². The van der Waals surface area contributed by atoms with E-state index in [4.69, 9.17) is 4.74 Å². The molecule has 1 N–H and O–H groups in total. The number of hydrogen-bond donors (Lipinski definition) is 1. The Labute approximate surface area is 193 Å². The highest BCUT2D eigenvalue weighted by Crippen LogP contribution is 2.43. The second-order valence-corrected chi connectivity index (χ2v) is 7.75. The van der Waals surface area contributed by atoms with Crippen LogP contribution < -0.4 is 16.6 Å². The molecule has 1 unspecified atom stereocenters. The first-order valence-corrected chi connectivity index (χ1v) is 10.5. The van der Waals surface area contributed by atoms with Crippen molar-refractivity contribution in [2.45, 2.75) is 12.8 Å². The molecule has 10 nitrogen and oxygen atoms in total. The zero-order valence-corrected chi connectivity index (χ0v) is 18.8. The Hall–Kier alpha value is -4.47. The summed E-state index contributed by atoms with van der Waals surface area (Å²) in [6.07, 6.45) is 0. The molecule has 1 aliphatic heterocycles. The summed E-state index contributed by atoms with van der Waals surface area (Å²) < 4.78 is 7.58. The zero-order valence-electron chi connectivity index (χ0n) is 18.8. The van der Waals surface area contributed by atoms with Crippen molar-refractivity contribution in [2.75, 3.05) is 11.9 Å². The maximum absolute atomic E-state index is 13.4. The molecule has 1 aliphatic rings. The van der Waals surface area contributed by atoms with Gasteiger partial charge in [0.2, 0.25) is 0 Å². The quantitative estimate of drug-likeness (QED) is 0.351. The third-order valence-corrected chi connectivity index (χ3v) is 5.76. The van der Waals surface area contributed by atoms with Gasteiger partial charge in [0.15, 0.2) is 0 Å². The topological polar surface area (TPSA) is 125 Å². The van der Waals surface area contributed by atoms with Crippen molar-refractivity contribution in [3.63, 3.8) is 0 Å². The van der Waals surface area contributed by atoms with Gasteiger partial charge in [-0.3, -0.25) is 24.0 Å². The number of anilines is 1. The number of carbonyl (C=O) groups is 1. The van der Waals surface area contributed by atoms with Crippen molar-refractivity contribution in [3.05, 3.63) is 108 Å². The Bertz CT molecular complexity index is 1450. The van der Waals surface area contributed by atoms with Crippen LogP contribution >= 0.6 is 0 Å². The normalized spacial score (nSPS) is 14.9. The first-order chi connectivity index (χ1) is 16.3. The SMILES string of the molecule is CCOC(=O)C1=C(c2ccccc2)Nc2c(c(=O)n(C)c(=O)n2C)C1c1cccc([N+](=O)[O-])c1. The van der Waals surface area contributed by atoms with Crippen LogP contribution in [0.5, 0.6) is 0 Å².